The molecule has 0 aromatic rings. The van der Waals surface area contributed by atoms with E-state index in [9.17, 15) is 0 Å². The Bertz CT molecular complexity index is 296. The van der Waals surface area contributed by atoms with Gasteiger partial charge in [-0.2, -0.15) is 0 Å². The number of allylic oxidation sites excluding steroid dienone is 1. The quantitative estimate of drug-likeness (QED) is 0.273. The van der Waals surface area contributed by atoms with Crippen molar-refractivity contribution in [2.75, 3.05) is 6.26 Å². The Morgan fingerprint density at radius 3 is 1.74 bits per heavy atom. The Labute approximate surface area is 155 Å². The molecule has 1 aliphatic carbocycles. The van der Waals surface area contributed by atoms with Crippen LogP contribution in [0.5, 0.6) is 0 Å². The molecule has 0 saturated heterocycles. The molecule has 0 heterocycles. The molecule has 0 aromatic heterocycles. The molecule has 1 aliphatic rings. The fourth-order valence-corrected chi connectivity index (χ4v) is 25.5. The molecule has 0 amide bonds. The fraction of sp³-hybridized carbons (Fsp3) is 0.905. The predicted octanol–water partition coefficient (Wildman–Crippen LogP) is 8.20. The Morgan fingerprint density at radius 1 is 0.870 bits per heavy atom. The van der Waals surface area contributed by atoms with Crippen molar-refractivity contribution in [1.29, 1.82) is 0 Å². The number of thioether (sulfide) groups is 1. The van der Waals surface area contributed by atoms with Gasteiger partial charge in [0.1, 0.15) is 0 Å². The van der Waals surface area contributed by atoms with Gasteiger partial charge >= 0.3 is 156 Å². The average Bonchev–Trinajstić information content (AvgIpc) is 2.60. The van der Waals surface area contributed by atoms with E-state index in [1.54, 1.807) is 13.3 Å². The summed E-state index contributed by atoms with van der Waals surface area (Å²) in [5, 5.41) is 0. The van der Waals surface area contributed by atoms with Crippen molar-refractivity contribution in [2.45, 2.75) is 105 Å². The summed E-state index contributed by atoms with van der Waals surface area (Å²) >= 11 is 0.0342. The zero-order chi connectivity index (χ0) is 17.0. The van der Waals surface area contributed by atoms with E-state index in [4.69, 9.17) is 0 Å². The van der Waals surface area contributed by atoms with E-state index in [1.165, 1.54) is 70.6 Å². The van der Waals surface area contributed by atoms with Gasteiger partial charge in [0.2, 0.25) is 0 Å². The molecule has 1 saturated carbocycles. The van der Waals surface area contributed by atoms with Crippen LogP contribution >= 0.6 is 11.8 Å². The summed E-state index contributed by atoms with van der Waals surface area (Å²) in [6.45, 7) is 7.17. The topological polar surface area (TPSA) is 0 Å². The molecule has 136 valence electrons. The van der Waals surface area contributed by atoms with Crippen LogP contribution in [0.4, 0.5) is 0 Å². The number of unbranched alkanes of at least 4 members (excludes halogenated alkanes) is 3. The van der Waals surface area contributed by atoms with E-state index < -0.39 is 18.4 Å². The molecule has 1 rings (SSSR count). The Kier molecular flexibility index (Phi) is 12.5. The van der Waals surface area contributed by atoms with E-state index in [2.05, 4.69) is 44.9 Å². The van der Waals surface area contributed by atoms with Gasteiger partial charge in [-0.05, 0) is 0 Å². The summed E-state index contributed by atoms with van der Waals surface area (Å²) in [4.78, 5) is 0. The number of hydrogen-bond donors (Lipinski definition) is 0. The van der Waals surface area contributed by atoms with E-state index in [-0.39, 0.29) is 0 Å². The van der Waals surface area contributed by atoms with Crippen molar-refractivity contribution < 1.29 is 0 Å². The predicted molar refractivity (Wildman–Crippen MR) is 113 cm³/mol. The van der Waals surface area contributed by atoms with Gasteiger partial charge in [-0.25, -0.2) is 0 Å². The first-order valence-corrected chi connectivity index (χ1v) is 19.2. The third-order valence-corrected chi connectivity index (χ3v) is 25.7. The molecule has 23 heavy (non-hydrogen) atoms. The summed E-state index contributed by atoms with van der Waals surface area (Å²) in [5.41, 5.74) is 0. The summed E-state index contributed by atoms with van der Waals surface area (Å²) < 4.78 is 6.86. The Morgan fingerprint density at radius 2 is 1.35 bits per heavy atom. The van der Waals surface area contributed by atoms with Crippen LogP contribution in [0.1, 0.15) is 91.4 Å². The van der Waals surface area contributed by atoms with Gasteiger partial charge in [0.15, 0.2) is 0 Å². The van der Waals surface area contributed by atoms with Crippen LogP contribution in [0.2, 0.25) is 13.3 Å². The molecule has 1 fully saturated rings. The van der Waals surface area contributed by atoms with Crippen molar-refractivity contribution in [3.05, 3.63) is 9.00 Å². The van der Waals surface area contributed by atoms with Crippen molar-refractivity contribution >= 4 is 30.1 Å². The van der Waals surface area contributed by atoms with Crippen LogP contribution < -0.4 is 0 Å². The standard InChI is InChI=1S/C9H15S.3C4H9.Sn/c1-10-8-7-9-5-3-2-4-6-9;3*1-3-4-2;/h7,9H,2-6H2,1H3;3*1,3-4H2,2H3;. The Balaban J connectivity index is 2.99. The summed E-state index contributed by atoms with van der Waals surface area (Å²) in [6.07, 6.45) is 21.3. The van der Waals surface area contributed by atoms with Crippen LogP contribution in [0.3, 0.4) is 0 Å². The molecule has 0 bridgehead atoms. The van der Waals surface area contributed by atoms with E-state index in [0.717, 1.165) is 5.92 Å². The maximum atomic E-state index is 2.83. The van der Waals surface area contributed by atoms with Gasteiger partial charge in [-0.1, -0.05) is 0 Å². The van der Waals surface area contributed by atoms with Crippen LogP contribution in [0.25, 0.3) is 0 Å². The monoisotopic (exact) mass is 446 g/mol. The van der Waals surface area contributed by atoms with Crippen molar-refractivity contribution in [3.63, 3.8) is 0 Å². The normalized spacial score (nSPS) is 17.7. The Hall–Kier alpha value is 0.889. The van der Waals surface area contributed by atoms with Crippen LogP contribution in [-0.2, 0) is 0 Å². The zero-order valence-corrected chi connectivity index (χ0v) is 20.1. The van der Waals surface area contributed by atoms with Gasteiger partial charge in [-0.15, -0.1) is 0 Å². The summed E-state index contributed by atoms with van der Waals surface area (Å²) in [6, 6.07) is 0. The minimum atomic E-state index is -2.14. The first-order chi connectivity index (χ1) is 11.2. The molecule has 0 N–H and O–H groups in total. The van der Waals surface area contributed by atoms with Gasteiger partial charge < -0.3 is 0 Å². The number of rotatable bonds is 12. The molecule has 0 radical (unpaired) electrons. The third-order valence-electron chi connectivity index (χ3n) is 5.81. The van der Waals surface area contributed by atoms with Gasteiger partial charge in [0, 0.05) is 0 Å². The maximum absolute atomic E-state index is 2.83. The molecule has 0 atom stereocenters. The molecule has 0 aliphatic heterocycles. The molecular formula is C21H42SSn. The van der Waals surface area contributed by atoms with E-state index in [0.29, 0.717) is 0 Å². The van der Waals surface area contributed by atoms with Crippen LogP contribution in [-0.4, -0.2) is 24.6 Å². The zero-order valence-electron chi connectivity index (χ0n) is 16.5. The summed E-state index contributed by atoms with van der Waals surface area (Å²) in [7, 11) is 0. The van der Waals surface area contributed by atoms with Crippen LogP contribution in [0.15, 0.2) is 9.00 Å². The SMILES string of the molecule is CCC[CH2][Sn]([CH2]CCC)([CH2]CCC)/[C](=C/C1CCCCC1)SC. The average molecular weight is 445 g/mol. The molecule has 0 spiro atoms. The first kappa shape index (κ1) is 21.9. The van der Waals surface area contributed by atoms with Gasteiger partial charge in [0.05, 0.1) is 0 Å². The number of hydrogen-bond acceptors (Lipinski definition) is 1. The second-order valence-electron chi connectivity index (χ2n) is 7.72. The summed E-state index contributed by atoms with van der Waals surface area (Å²) in [5.74, 6) is 0.923. The van der Waals surface area contributed by atoms with Crippen LogP contribution in [0, 0.1) is 5.92 Å². The molecule has 2 heteroatoms. The van der Waals surface area contributed by atoms with Crippen molar-refractivity contribution in [3.8, 4) is 0 Å². The van der Waals surface area contributed by atoms with Crippen molar-refractivity contribution in [1.82, 2.24) is 0 Å². The molecule has 0 aromatic carbocycles. The van der Waals surface area contributed by atoms with E-state index in [1.807, 2.05) is 2.92 Å². The van der Waals surface area contributed by atoms with Gasteiger partial charge in [-0.3, -0.25) is 0 Å². The van der Waals surface area contributed by atoms with Gasteiger partial charge in [0.25, 0.3) is 0 Å². The fourth-order valence-electron chi connectivity index (χ4n) is 4.27. The minimum absolute atomic E-state index is 0.923. The molecule has 0 nitrogen and oxygen atoms in total. The third kappa shape index (κ3) is 7.75. The second-order valence-corrected chi connectivity index (χ2v) is 22.7. The van der Waals surface area contributed by atoms with Crippen molar-refractivity contribution in [2.24, 2.45) is 5.92 Å². The molecule has 0 unspecified atom stereocenters. The van der Waals surface area contributed by atoms with E-state index >= 15 is 0 Å². The first-order valence-electron chi connectivity index (χ1n) is 10.5. The molecular weight excluding hydrogens is 403 g/mol. The second kappa shape index (κ2) is 13.1.